The van der Waals surface area contributed by atoms with E-state index in [0.29, 0.717) is 35.3 Å². The quantitative estimate of drug-likeness (QED) is 0.446. The number of benzene rings is 2. The Kier molecular flexibility index (Phi) is 5.98. The molecule has 0 atom stereocenters. The third-order valence-corrected chi connectivity index (χ3v) is 5.90. The minimum Gasteiger partial charge on any atom is -0.419 e. The SMILES string of the molecule is Cc1onc(-c2ccccc2)c1-c1nnc(CN2CCN(Cc3ccc(C#N)cc3)CC2)o1. The molecule has 2 aromatic carbocycles. The highest BCUT2D eigenvalue weighted by Crippen LogP contribution is 2.33. The molecular formula is C25H24N6O2. The van der Waals surface area contributed by atoms with Crippen LogP contribution >= 0.6 is 0 Å². The van der Waals surface area contributed by atoms with Gasteiger partial charge in [-0.1, -0.05) is 47.6 Å². The molecule has 1 fully saturated rings. The van der Waals surface area contributed by atoms with Crippen LogP contribution in [0.2, 0.25) is 0 Å². The fourth-order valence-corrected chi connectivity index (χ4v) is 4.08. The molecule has 3 heterocycles. The van der Waals surface area contributed by atoms with E-state index in [9.17, 15) is 0 Å². The summed E-state index contributed by atoms with van der Waals surface area (Å²) in [6.45, 7) is 7.13. The maximum atomic E-state index is 8.94. The van der Waals surface area contributed by atoms with Gasteiger partial charge in [0, 0.05) is 38.3 Å². The third-order valence-electron chi connectivity index (χ3n) is 5.90. The lowest BCUT2D eigenvalue weighted by molar-refractivity contribution is 0.114. The Morgan fingerprint density at radius 2 is 1.61 bits per heavy atom. The lowest BCUT2D eigenvalue weighted by atomic mass is 10.1. The molecule has 0 saturated carbocycles. The van der Waals surface area contributed by atoms with E-state index in [1.165, 1.54) is 5.56 Å². The van der Waals surface area contributed by atoms with Gasteiger partial charge >= 0.3 is 0 Å². The Morgan fingerprint density at radius 3 is 2.30 bits per heavy atom. The lowest BCUT2D eigenvalue weighted by Gasteiger charge is -2.33. The van der Waals surface area contributed by atoms with E-state index in [2.05, 4.69) is 31.2 Å². The van der Waals surface area contributed by atoms with Crippen molar-refractivity contribution in [3.63, 3.8) is 0 Å². The summed E-state index contributed by atoms with van der Waals surface area (Å²) < 4.78 is 11.4. The number of nitriles is 1. The first-order valence-corrected chi connectivity index (χ1v) is 11.0. The van der Waals surface area contributed by atoms with E-state index in [4.69, 9.17) is 14.2 Å². The molecule has 0 amide bonds. The van der Waals surface area contributed by atoms with Crippen molar-refractivity contribution in [1.29, 1.82) is 5.26 Å². The molecule has 0 bridgehead atoms. The highest BCUT2D eigenvalue weighted by atomic mass is 16.5. The first kappa shape index (κ1) is 21.1. The molecule has 2 aromatic heterocycles. The maximum absolute atomic E-state index is 8.94. The highest BCUT2D eigenvalue weighted by Gasteiger charge is 2.23. The predicted octanol–water partition coefficient (Wildman–Crippen LogP) is 3.89. The molecule has 0 radical (unpaired) electrons. The van der Waals surface area contributed by atoms with Gasteiger partial charge in [-0.05, 0) is 24.6 Å². The van der Waals surface area contributed by atoms with Gasteiger partial charge in [0.1, 0.15) is 17.0 Å². The summed E-state index contributed by atoms with van der Waals surface area (Å²) in [6.07, 6.45) is 0. The van der Waals surface area contributed by atoms with Crippen molar-refractivity contribution in [2.24, 2.45) is 0 Å². The molecule has 4 aromatic rings. The Bertz CT molecular complexity index is 1250. The average Bonchev–Trinajstić information content (AvgIpc) is 3.47. The zero-order chi connectivity index (χ0) is 22.6. The van der Waals surface area contributed by atoms with Crippen LogP contribution in [-0.4, -0.2) is 51.3 Å². The summed E-state index contributed by atoms with van der Waals surface area (Å²) in [5, 5.41) is 21.7. The number of aryl methyl sites for hydroxylation is 1. The Hall–Kier alpha value is -3.80. The van der Waals surface area contributed by atoms with E-state index >= 15 is 0 Å². The molecule has 1 aliphatic rings. The minimum atomic E-state index is 0.432. The summed E-state index contributed by atoms with van der Waals surface area (Å²) in [6, 6.07) is 19.8. The zero-order valence-corrected chi connectivity index (χ0v) is 18.4. The van der Waals surface area contributed by atoms with Crippen LogP contribution < -0.4 is 0 Å². The molecule has 0 unspecified atom stereocenters. The van der Waals surface area contributed by atoms with Crippen LogP contribution in [0.1, 0.15) is 22.8 Å². The lowest BCUT2D eigenvalue weighted by Crippen LogP contribution is -2.45. The molecule has 166 valence electrons. The van der Waals surface area contributed by atoms with Crippen molar-refractivity contribution >= 4 is 0 Å². The zero-order valence-electron chi connectivity index (χ0n) is 18.4. The van der Waals surface area contributed by atoms with Crippen LogP contribution in [0.4, 0.5) is 0 Å². The molecule has 8 heteroatoms. The van der Waals surface area contributed by atoms with E-state index < -0.39 is 0 Å². The minimum absolute atomic E-state index is 0.432. The van der Waals surface area contributed by atoms with Gasteiger partial charge in [-0.3, -0.25) is 9.80 Å². The molecule has 8 nitrogen and oxygen atoms in total. The first-order chi connectivity index (χ1) is 16.2. The van der Waals surface area contributed by atoms with Gasteiger partial charge in [-0.2, -0.15) is 5.26 Å². The second kappa shape index (κ2) is 9.36. The number of nitrogens with zero attached hydrogens (tertiary/aromatic N) is 6. The predicted molar refractivity (Wildman–Crippen MR) is 122 cm³/mol. The summed E-state index contributed by atoms with van der Waals surface area (Å²) >= 11 is 0. The van der Waals surface area contributed by atoms with Gasteiger partial charge in [0.2, 0.25) is 5.89 Å². The molecule has 33 heavy (non-hydrogen) atoms. The van der Waals surface area contributed by atoms with Crippen molar-refractivity contribution in [3.8, 4) is 28.8 Å². The number of hydrogen-bond acceptors (Lipinski definition) is 8. The fourth-order valence-electron chi connectivity index (χ4n) is 4.08. The Balaban J connectivity index is 1.20. The van der Waals surface area contributed by atoms with Gasteiger partial charge in [0.05, 0.1) is 18.2 Å². The van der Waals surface area contributed by atoms with Crippen LogP contribution in [0.5, 0.6) is 0 Å². The molecule has 5 rings (SSSR count). The average molecular weight is 441 g/mol. The van der Waals surface area contributed by atoms with Crippen LogP contribution in [0.25, 0.3) is 22.7 Å². The van der Waals surface area contributed by atoms with Crippen LogP contribution in [-0.2, 0) is 13.1 Å². The van der Waals surface area contributed by atoms with Crippen molar-refractivity contribution in [1.82, 2.24) is 25.2 Å². The Labute approximate surface area is 192 Å². The van der Waals surface area contributed by atoms with Crippen molar-refractivity contribution in [2.75, 3.05) is 26.2 Å². The standard InChI is InChI=1S/C25H24N6O2/c1-18-23(24(29-33-18)21-5-3-2-4-6-21)25-28-27-22(32-25)17-31-13-11-30(12-14-31)16-20-9-7-19(15-26)8-10-20/h2-10H,11-14,16-17H2,1H3. The van der Waals surface area contributed by atoms with E-state index in [-0.39, 0.29) is 0 Å². The molecule has 1 aliphatic heterocycles. The summed E-state index contributed by atoms with van der Waals surface area (Å²) in [4.78, 5) is 4.74. The van der Waals surface area contributed by atoms with Gasteiger partial charge in [0.15, 0.2) is 0 Å². The molecule has 1 saturated heterocycles. The van der Waals surface area contributed by atoms with Gasteiger partial charge < -0.3 is 8.94 Å². The number of piperazine rings is 1. The number of hydrogen-bond donors (Lipinski definition) is 0. The topological polar surface area (TPSA) is 95.2 Å². The third kappa shape index (κ3) is 4.70. The Morgan fingerprint density at radius 1 is 0.909 bits per heavy atom. The monoisotopic (exact) mass is 440 g/mol. The fraction of sp³-hybridized carbons (Fsp3) is 0.280. The van der Waals surface area contributed by atoms with Gasteiger partial charge in [-0.25, -0.2) is 0 Å². The van der Waals surface area contributed by atoms with Crippen LogP contribution in [0, 0.1) is 18.3 Å². The van der Waals surface area contributed by atoms with Gasteiger partial charge in [0.25, 0.3) is 5.89 Å². The number of aromatic nitrogens is 3. The van der Waals surface area contributed by atoms with Crippen molar-refractivity contribution in [3.05, 3.63) is 77.4 Å². The van der Waals surface area contributed by atoms with E-state index in [0.717, 1.165) is 43.9 Å². The first-order valence-electron chi connectivity index (χ1n) is 11.0. The normalized spacial score (nSPS) is 14.9. The second-order valence-corrected chi connectivity index (χ2v) is 8.19. The largest absolute Gasteiger partial charge is 0.419 e. The van der Waals surface area contributed by atoms with Gasteiger partial charge in [-0.15, -0.1) is 10.2 Å². The summed E-state index contributed by atoms with van der Waals surface area (Å²) in [7, 11) is 0. The molecule has 0 spiro atoms. The van der Waals surface area contributed by atoms with Crippen LogP contribution in [0.15, 0.2) is 63.5 Å². The summed E-state index contributed by atoms with van der Waals surface area (Å²) in [5.41, 5.74) is 4.32. The highest BCUT2D eigenvalue weighted by molar-refractivity contribution is 5.77. The summed E-state index contributed by atoms with van der Waals surface area (Å²) in [5.74, 6) is 1.67. The number of rotatable bonds is 6. The van der Waals surface area contributed by atoms with E-state index in [1.807, 2.05) is 61.5 Å². The molecule has 0 aliphatic carbocycles. The smallest absolute Gasteiger partial charge is 0.253 e. The maximum Gasteiger partial charge on any atom is 0.253 e. The molecular weight excluding hydrogens is 416 g/mol. The molecule has 0 N–H and O–H groups in total. The van der Waals surface area contributed by atoms with E-state index in [1.54, 1.807) is 0 Å². The van der Waals surface area contributed by atoms with Crippen molar-refractivity contribution < 1.29 is 8.94 Å². The second-order valence-electron chi connectivity index (χ2n) is 8.19. The van der Waals surface area contributed by atoms with Crippen molar-refractivity contribution in [2.45, 2.75) is 20.0 Å². The van der Waals surface area contributed by atoms with Crippen LogP contribution in [0.3, 0.4) is 0 Å².